The van der Waals surface area contributed by atoms with Crippen molar-refractivity contribution in [1.82, 2.24) is 9.97 Å². The molecule has 17 heavy (non-hydrogen) atoms. The third kappa shape index (κ3) is 2.70. The van der Waals surface area contributed by atoms with Gasteiger partial charge in [0.25, 0.3) is 0 Å². The molecule has 3 nitrogen and oxygen atoms in total. The first kappa shape index (κ1) is 12.6. The highest BCUT2D eigenvalue weighted by Gasteiger charge is 2.34. The average molecular weight is 310 g/mol. The molecule has 2 heterocycles. The Balaban J connectivity index is 2.27. The predicted octanol–water partition coefficient (Wildman–Crippen LogP) is 2.86. The summed E-state index contributed by atoms with van der Waals surface area (Å²) in [5.74, 6) is 0.168. The van der Waals surface area contributed by atoms with Gasteiger partial charge in [-0.25, -0.2) is 9.97 Å². The van der Waals surface area contributed by atoms with Crippen molar-refractivity contribution in [2.24, 2.45) is 0 Å². The minimum atomic E-state index is -4.42. The summed E-state index contributed by atoms with van der Waals surface area (Å²) in [5, 5.41) is 0.715. The molecule has 0 amide bonds. The lowest BCUT2D eigenvalue weighted by Gasteiger charge is -2.23. The normalized spacial score (nSPS) is 20.9. The van der Waals surface area contributed by atoms with Gasteiger partial charge in [-0.05, 0) is 18.9 Å². The molecule has 94 valence electrons. The molecule has 1 aromatic rings. The Morgan fingerprint density at radius 1 is 1.47 bits per heavy atom. The number of halogens is 4. The molecule has 1 saturated heterocycles. The van der Waals surface area contributed by atoms with Crippen LogP contribution in [-0.2, 0) is 6.18 Å². The van der Waals surface area contributed by atoms with Crippen molar-refractivity contribution in [3.63, 3.8) is 0 Å². The maximum absolute atomic E-state index is 12.5. The summed E-state index contributed by atoms with van der Waals surface area (Å²) in [6.45, 7) is 0.706. The van der Waals surface area contributed by atoms with Crippen LogP contribution in [0.15, 0.2) is 12.3 Å². The molecule has 7 heteroatoms. The average Bonchev–Trinajstić information content (AvgIpc) is 2.76. The number of nitrogens with zero attached hydrogens (tertiary/aromatic N) is 3. The second-order valence-corrected chi connectivity index (χ2v) is 4.53. The van der Waals surface area contributed by atoms with Crippen LogP contribution in [0, 0.1) is 0 Å². The van der Waals surface area contributed by atoms with E-state index in [0.29, 0.717) is 11.9 Å². The van der Waals surface area contributed by atoms with Gasteiger partial charge in [-0.2, -0.15) is 13.2 Å². The van der Waals surface area contributed by atoms with Gasteiger partial charge in [0.15, 0.2) is 0 Å². The van der Waals surface area contributed by atoms with Crippen molar-refractivity contribution in [2.45, 2.75) is 25.1 Å². The Morgan fingerprint density at radius 3 is 2.88 bits per heavy atom. The molecule has 1 fully saturated rings. The number of rotatable bonds is 2. The van der Waals surface area contributed by atoms with Crippen LogP contribution in [0.5, 0.6) is 0 Å². The van der Waals surface area contributed by atoms with Gasteiger partial charge >= 0.3 is 6.18 Å². The van der Waals surface area contributed by atoms with E-state index in [4.69, 9.17) is 0 Å². The Bertz CT molecular complexity index is 397. The number of hydrogen-bond acceptors (Lipinski definition) is 3. The first-order valence-corrected chi connectivity index (χ1v) is 6.37. The molecule has 1 atom stereocenters. The van der Waals surface area contributed by atoms with Gasteiger partial charge in [0, 0.05) is 24.1 Å². The highest BCUT2D eigenvalue weighted by molar-refractivity contribution is 9.09. The van der Waals surface area contributed by atoms with Crippen LogP contribution in [0.2, 0.25) is 0 Å². The Morgan fingerprint density at radius 2 is 2.24 bits per heavy atom. The lowest BCUT2D eigenvalue weighted by molar-refractivity contribution is -0.141. The fourth-order valence-corrected chi connectivity index (χ4v) is 2.58. The molecule has 0 radical (unpaired) electrons. The first-order valence-electron chi connectivity index (χ1n) is 5.25. The van der Waals surface area contributed by atoms with Gasteiger partial charge in [-0.3, -0.25) is 0 Å². The fourth-order valence-electron chi connectivity index (χ4n) is 1.90. The van der Waals surface area contributed by atoms with Crippen molar-refractivity contribution >= 4 is 21.9 Å². The molecule has 1 aliphatic heterocycles. The zero-order valence-electron chi connectivity index (χ0n) is 8.91. The SMILES string of the molecule is FC(F)(F)c1ccnc(N2CCCC2CBr)n1. The van der Waals surface area contributed by atoms with Crippen LogP contribution in [0.4, 0.5) is 19.1 Å². The molecule has 0 aromatic carbocycles. The van der Waals surface area contributed by atoms with Crippen molar-refractivity contribution in [3.05, 3.63) is 18.0 Å². The minimum absolute atomic E-state index is 0.168. The second kappa shape index (κ2) is 4.80. The summed E-state index contributed by atoms with van der Waals surface area (Å²) in [6.07, 6.45) is -1.35. The third-order valence-corrected chi connectivity index (χ3v) is 3.49. The van der Waals surface area contributed by atoms with Gasteiger partial charge in [0.2, 0.25) is 5.95 Å². The van der Waals surface area contributed by atoms with Gasteiger partial charge in [0.1, 0.15) is 5.69 Å². The number of aromatic nitrogens is 2. The highest BCUT2D eigenvalue weighted by Crippen LogP contribution is 2.30. The quantitative estimate of drug-likeness (QED) is 0.787. The molecule has 0 N–H and O–H groups in total. The number of hydrogen-bond donors (Lipinski definition) is 0. The van der Waals surface area contributed by atoms with Crippen LogP contribution in [0.1, 0.15) is 18.5 Å². The molecule has 1 unspecified atom stereocenters. The van der Waals surface area contributed by atoms with E-state index in [1.807, 2.05) is 4.90 Å². The molecule has 1 aromatic heterocycles. The van der Waals surface area contributed by atoms with E-state index in [-0.39, 0.29) is 12.0 Å². The molecule has 1 aliphatic rings. The Labute approximate surface area is 105 Å². The molecule has 2 rings (SSSR count). The largest absolute Gasteiger partial charge is 0.433 e. The third-order valence-electron chi connectivity index (χ3n) is 2.75. The van der Waals surface area contributed by atoms with E-state index in [0.717, 1.165) is 25.1 Å². The van der Waals surface area contributed by atoms with Crippen LogP contribution < -0.4 is 4.90 Å². The van der Waals surface area contributed by atoms with Crippen molar-refractivity contribution < 1.29 is 13.2 Å². The van der Waals surface area contributed by atoms with E-state index < -0.39 is 11.9 Å². The smallest absolute Gasteiger partial charge is 0.337 e. The summed E-state index contributed by atoms with van der Waals surface area (Å²) in [7, 11) is 0. The predicted molar refractivity (Wildman–Crippen MR) is 61.2 cm³/mol. The van der Waals surface area contributed by atoms with E-state index in [1.54, 1.807) is 0 Å². The first-order chi connectivity index (χ1) is 8.02. The van der Waals surface area contributed by atoms with Gasteiger partial charge < -0.3 is 4.90 Å². The number of alkyl halides is 4. The van der Waals surface area contributed by atoms with Crippen LogP contribution in [-0.4, -0.2) is 27.9 Å². The molecular formula is C10H11BrF3N3. The van der Waals surface area contributed by atoms with Gasteiger partial charge in [-0.15, -0.1) is 0 Å². The van der Waals surface area contributed by atoms with Crippen molar-refractivity contribution in [1.29, 1.82) is 0 Å². The zero-order valence-corrected chi connectivity index (χ0v) is 10.5. The highest BCUT2D eigenvalue weighted by atomic mass is 79.9. The Kier molecular flexibility index (Phi) is 3.56. The van der Waals surface area contributed by atoms with Gasteiger partial charge in [-0.1, -0.05) is 15.9 Å². The van der Waals surface area contributed by atoms with E-state index in [1.165, 1.54) is 0 Å². The maximum atomic E-state index is 12.5. The molecule has 0 saturated carbocycles. The molecular weight excluding hydrogens is 299 g/mol. The van der Waals surface area contributed by atoms with E-state index in [9.17, 15) is 13.2 Å². The summed E-state index contributed by atoms with van der Waals surface area (Å²) in [6, 6.07) is 1.07. The summed E-state index contributed by atoms with van der Waals surface area (Å²) in [5.41, 5.74) is -0.886. The summed E-state index contributed by atoms with van der Waals surface area (Å²) < 4.78 is 37.5. The summed E-state index contributed by atoms with van der Waals surface area (Å²) in [4.78, 5) is 9.34. The Hall–Kier alpha value is -0.850. The number of anilines is 1. The van der Waals surface area contributed by atoms with Gasteiger partial charge in [0.05, 0.1) is 0 Å². The topological polar surface area (TPSA) is 29.0 Å². The van der Waals surface area contributed by atoms with Crippen LogP contribution in [0.3, 0.4) is 0 Å². The summed E-state index contributed by atoms with van der Waals surface area (Å²) >= 11 is 3.35. The standard InChI is InChI=1S/C10H11BrF3N3/c11-6-7-2-1-5-17(7)9-15-4-3-8(16-9)10(12,13)14/h3-4,7H,1-2,5-6H2. The van der Waals surface area contributed by atoms with Crippen LogP contribution >= 0.6 is 15.9 Å². The maximum Gasteiger partial charge on any atom is 0.433 e. The van der Waals surface area contributed by atoms with E-state index >= 15 is 0 Å². The zero-order chi connectivity index (χ0) is 12.5. The van der Waals surface area contributed by atoms with Crippen molar-refractivity contribution in [2.75, 3.05) is 16.8 Å². The lowest BCUT2D eigenvalue weighted by atomic mass is 10.2. The molecule has 0 spiro atoms. The molecule has 0 aliphatic carbocycles. The lowest BCUT2D eigenvalue weighted by Crippen LogP contribution is -2.32. The van der Waals surface area contributed by atoms with Crippen LogP contribution in [0.25, 0.3) is 0 Å². The minimum Gasteiger partial charge on any atom is -0.337 e. The van der Waals surface area contributed by atoms with E-state index in [2.05, 4.69) is 25.9 Å². The fraction of sp³-hybridized carbons (Fsp3) is 0.600. The second-order valence-electron chi connectivity index (χ2n) is 3.88. The monoisotopic (exact) mass is 309 g/mol. The van der Waals surface area contributed by atoms with Crippen molar-refractivity contribution in [3.8, 4) is 0 Å². The molecule has 0 bridgehead atoms.